The van der Waals surface area contributed by atoms with Gasteiger partial charge >= 0.3 is 0 Å². The Hall–Kier alpha value is -3.74. The number of rotatable bonds is 5. The highest BCUT2D eigenvalue weighted by molar-refractivity contribution is 6.03. The van der Waals surface area contributed by atoms with Crippen molar-refractivity contribution in [1.82, 2.24) is 19.9 Å². The minimum atomic E-state index is -0.351. The molecule has 0 saturated carbocycles. The van der Waals surface area contributed by atoms with Gasteiger partial charge in [-0.25, -0.2) is 0 Å². The third kappa shape index (κ3) is 3.77. The van der Waals surface area contributed by atoms with E-state index >= 15 is 0 Å². The molecule has 0 aliphatic carbocycles. The molecule has 7 nitrogen and oxygen atoms in total. The van der Waals surface area contributed by atoms with E-state index in [0.717, 1.165) is 16.7 Å². The van der Waals surface area contributed by atoms with Crippen LogP contribution in [0.15, 0.2) is 71.8 Å². The lowest BCUT2D eigenvalue weighted by atomic mass is 10.1. The minimum absolute atomic E-state index is 0.206. The van der Waals surface area contributed by atoms with Crippen molar-refractivity contribution >= 4 is 11.6 Å². The van der Waals surface area contributed by atoms with Gasteiger partial charge in [-0.15, -0.1) is 0 Å². The van der Waals surface area contributed by atoms with Gasteiger partial charge in [-0.2, -0.15) is 5.10 Å². The molecular formula is C20H17N5O2. The largest absolute Gasteiger partial charge is 0.355 e. The van der Waals surface area contributed by atoms with Gasteiger partial charge in [-0.3, -0.25) is 14.5 Å². The number of anilines is 1. The van der Waals surface area contributed by atoms with Crippen molar-refractivity contribution in [3.05, 3.63) is 84.1 Å². The quantitative estimate of drug-likeness (QED) is 0.589. The SMILES string of the molecule is Cc1cnccc1-c1cc(C(=O)Nc2cnn(Cc3ccccc3)c2)no1. The summed E-state index contributed by atoms with van der Waals surface area (Å²) in [6.45, 7) is 2.55. The Labute approximate surface area is 155 Å². The number of nitrogens with one attached hydrogen (secondary N) is 1. The number of nitrogens with zero attached hydrogens (tertiary/aromatic N) is 4. The van der Waals surface area contributed by atoms with E-state index in [0.29, 0.717) is 18.0 Å². The van der Waals surface area contributed by atoms with Gasteiger partial charge in [0.05, 0.1) is 18.4 Å². The molecule has 0 radical (unpaired) electrons. The summed E-state index contributed by atoms with van der Waals surface area (Å²) in [5.74, 6) is 0.177. The van der Waals surface area contributed by atoms with Gasteiger partial charge < -0.3 is 9.84 Å². The number of pyridine rings is 1. The first-order chi connectivity index (χ1) is 13.2. The molecule has 27 heavy (non-hydrogen) atoms. The molecule has 0 unspecified atom stereocenters. The molecule has 0 bridgehead atoms. The lowest BCUT2D eigenvalue weighted by Gasteiger charge is -2.01. The van der Waals surface area contributed by atoms with E-state index in [1.54, 1.807) is 35.5 Å². The van der Waals surface area contributed by atoms with Crippen LogP contribution < -0.4 is 5.32 Å². The molecule has 0 spiro atoms. The van der Waals surface area contributed by atoms with E-state index in [2.05, 4.69) is 20.6 Å². The third-order valence-electron chi connectivity index (χ3n) is 4.11. The molecule has 1 aromatic carbocycles. The summed E-state index contributed by atoms with van der Waals surface area (Å²) in [4.78, 5) is 16.5. The van der Waals surface area contributed by atoms with Crippen LogP contribution in [0.1, 0.15) is 21.6 Å². The van der Waals surface area contributed by atoms with Crippen LogP contribution in [-0.2, 0) is 6.54 Å². The molecule has 0 aliphatic rings. The molecule has 0 atom stereocenters. The topological polar surface area (TPSA) is 85.8 Å². The Bertz CT molecular complexity index is 1070. The normalized spacial score (nSPS) is 10.7. The Morgan fingerprint density at radius 2 is 2.04 bits per heavy atom. The maximum atomic E-state index is 12.4. The summed E-state index contributed by atoms with van der Waals surface area (Å²) in [5, 5.41) is 10.9. The van der Waals surface area contributed by atoms with Crippen molar-refractivity contribution in [2.45, 2.75) is 13.5 Å². The molecular weight excluding hydrogens is 342 g/mol. The lowest BCUT2D eigenvalue weighted by Crippen LogP contribution is -2.11. The van der Waals surface area contributed by atoms with Gasteiger partial charge in [0.15, 0.2) is 11.5 Å². The lowest BCUT2D eigenvalue weighted by molar-refractivity contribution is 0.101. The first-order valence-electron chi connectivity index (χ1n) is 8.44. The summed E-state index contributed by atoms with van der Waals surface area (Å²) in [6.07, 6.45) is 6.79. The van der Waals surface area contributed by atoms with Crippen LogP contribution in [0.5, 0.6) is 0 Å². The maximum absolute atomic E-state index is 12.4. The number of aryl methyl sites for hydroxylation is 1. The van der Waals surface area contributed by atoms with Crippen molar-refractivity contribution in [3.8, 4) is 11.3 Å². The molecule has 1 amide bonds. The second-order valence-corrected chi connectivity index (χ2v) is 6.13. The van der Waals surface area contributed by atoms with Crippen LogP contribution in [0.3, 0.4) is 0 Å². The van der Waals surface area contributed by atoms with E-state index in [-0.39, 0.29) is 11.6 Å². The highest BCUT2D eigenvalue weighted by atomic mass is 16.5. The molecule has 3 aromatic heterocycles. The van der Waals surface area contributed by atoms with Gasteiger partial charge in [0.1, 0.15) is 0 Å². The fraction of sp³-hybridized carbons (Fsp3) is 0.100. The number of aromatic nitrogens is 4. The summed E-state index contributed by atoms with van der Waals surface area (Å²) in [7, 11) is 0. The zero-order valence-electron chi connectivity index (χ0n) is 14.7. The first kappa shape index (κ1) is 16.7. The molecule has 0 aliphatic heterocycles. The molecule has 134 valence electrons. The van der Waals surface area contributed by atoms with E-state index in [1.807, 2.05) is 43.3 Å². The number of carbonyl (C=O) groups is 1. The number of carbonyl (C=O) groups excluding carboxylic acids is 1. The highest BCUT2D eigenvalue weighted by Gasteiger charge is 2.15. The van der Waals surface area contributed by atoms with Gasteiger partial charge in [-0.05, 0) is 24.1 Å². The molecule has 0 saturated heterocycles. The maximum Gasteiger partial charge on any atom is 0.277 e. The zero-order valence-corrected chi connectivity index (χ0v) is 14.7. The number of hydrogen-bond donors (Lipinski definition) is 1. The van der Waals surface area contributed by atoms with Crippen LogP contribution in [0.4, 0.5) is 5.69 Å². The summed E-state index contributed by atoms with van der Waals surface area (Å²) >= 11 is 0. The Morgan fingerprint density at radius 1 is 1.19 bits per heavy atom. The van der Waals surface area contributed by atoms with Gasteiger partial charge in [0.25, 0.3) is 5.91 Å². The molecule has 7 heteroatoms. The minimum Gasteiger partial charge on any atom is -0.355 e. The van der Waals surface area contributed by atoms with Gasteiger partial charge in [0, 0.05) is 30.2 Å². The van der Waals surface area contributed by atoms with Crippen molar-refractivity contribution in [3.63, 3.8) is 0 Å². The van der Waals surface area contributed by atoms with Gasteiger partial charge in [0.2, 0.25) is 0 Å². The summed E-state index contributed by atoms with van der Waals surface area (Å²) < 4.78 is 7.08. The van der Waals surface area contributed by atoms with E-state index in [9.17, 15) is 4.79 Å². The highest BCUT2D eigenvalue weighted by Crippen LogP contribution is 2.23. The Kier molecular flexibility index (Phi) is 4.49. The van der Waals surface area contributed by atoms with Crippen LogP contribution in [-0.4, -0.2) is 25.8 Å². The zero-order chi connectivity index (χ0) is 18.6. The standard InChI is InChI=1S/C20H17N5O2/c1-14-10-21-8-7-17(14)19-9-18(24-27-19)20(26)23-16-11-22-25(13-16)12-15-5-3-2-4-6-15/h2-11,13H,12H2,1H3,(H,23,26). The van der Waals surface area contributed by atoms with E-state index < -0.39 is 0 Å². The van der Waals surface area contributed by atoms with Crippen LogP contribution in [0.25, 0.3) is 11.3 Å². The van der Waals surface area contributed by atoms with Crippen molar-refractivity contribution in [1.29, 1.82) is 0 Å². The first-order valence-corrected chi connectivity index (χ1v) is 8.44. The van der Waals surface area contributed by atoms with Crippen LogP contribution in [0, 0.1) is 6.92 Å². The number of amides is 1. The fourth-order valence-electron chi connectivity index (χ4n) is 2.74. The van der Waals surface area contributed by atoms with Gasteiger partial charge in [-0.1, -0.05) is 35.5 Å². The monoisotopic (exact) mass is 359 g/mol. The average molecular weight is 359 g/mol. The molecule has 4 aromatic rings. The number of benzene rings is 1. The van der Waals surface area contributed by atoms with Crippen molar-refractivity contribution in [2.75, 3.05) is 5.32 Å². The van der Waals surface area contributed by atoms with E-state index in [4.69, 9.17) is 4.52 Å². The Morgan fingerprint density at radius 3 is 2.85 bits per heavy atom. The second-order valence-electron chi connectivity index (χ2n) is 6.13. The van der Waals surface area contributed by atoms with Crippen molar-refractivity contribution in [2.24, 2.45) is 0 Å². The summed E-state index contributed by atoms with van der Waals surface area (Å²) in [5.41, 5.74) is 3.74. The Balaban J connectivity index is 1.45. The average Bonchev–Trinajstić information content (AvgIpc) is 3.33. The molecule has 4 rings (SSSR count). The fourth-order valence-corrected chi connectivity index (χ4v) is 2.74. The van der Waals surface area contributed by atoms with Crippen LogP contribution >= 0.6 is 0 Å². The smallest absolute Gasteiger partial charge is 0.277 e. The molecule has 1 N–H and O–H groups in total. The third-order valence-corrected chi connectivity index (χ3v) is 4.11. The molecule has 0 fully saturated rings. The molecule has 3 heterocycles. The summed E-state index contributed by atoms with van der Waals surface area (Å²) in [6, 6.07) is 13.4. The van der Waals surface area contributed by atoms with Crippen LogP contribution in [0.2, 0.25) is 0 Å². The number of hydrogen-bond acceptors (Lipinski definition) is 5. The predicted molar refractivity (Wildman–Crippen MR) is 100 cm³/mol. The predicted octanol–water partition coefficient (Wildman–Crippen LogP) is 3.54. The van der Waals surface area contributed by atoms with E-state index in [1.165, 1.54) is 0 Å². The van der Waals surface area contributed by atoms with Crippen molar-refractivity contribution < 1.29 is 9.32 Å². The second kappa shape index (κ2) is 7.25.